The number of thioether (sulfide) groups is 1. The summed E-state index contributed by atoms with van der Waals surface area (Å²) in [5.74, 6) is 0.546. The van der Waals surface area contributed by atoms with Crippen molar-refractivity contribution >= 4 is 39.8 Å². The highest BCUT2D eigenvalue weighted by Crippen LogP contribution is 2.32. The molecule has 140 valence electrons. The molecule has 0 saturated carbocycles. The molecule has 0 bridgehead atoms. The molecular weight excluding hydrogens is 374 g/mol. The number of rotatable bonds is 5. The first-order chi connectivity index (χ1) is 13.6. The van der Waals surface area contributed by atoms with Crippen LogP contribution in [0.15, 0.2) is 71.6 Å². The molecule has 6 heteroatoms. The highest BCUT2D eigenvalue weighted by Gasteiger charge is 2.34. The first-order valence-electron chi connectivity index (χ1n) is 8.77. The van der Waals surface area contributed by atoms with Crippen molar-refractivity contribution in [3.05, 3.63) is 77.2 Å². The third-order valence-corrected chi connectivity index (χ3v) is 5.29. The number of carbonyl (C=O) groups excluding carboxylic acids is 2. The smallest absolute Gasteiger partial charge is 0.293 e. The van der Waals surface area contributed by atoms with Crippen molar-refractivity contribution in [2.75, 3.05) is 13.2 Å². The zero-order valence-electron chi connectivity index (χ0n) is 14.9. The fourth-order valence-corrected chi connectivity index (χ4v) is 3.85. The lowest BCUT2D eigenvalue weighted by Gasteiger charge is -2.14. The predicted octanol–water partition coefficient (Wildman–Crippen LogP) is 4.66. The lowest BCUT2D eigenvalue weighted by molar-refractivity contribution is -0.123. The zero-order chi connectivity index (χ0) is 19.5. The molecule has 5 nitrogen and oxygen atoms in total. The van der Waals surface area contributed by atoms with Crippen molar-refractivity contribution in [3.63, 3.8) is 0 Å². The van der Waals surface area contributed by atoms with Gasteiger partial charge in [-0.1, -0.05) is 48.5 Å². The molecule has 0 aromatic heterocycles. The molecule has 0 radical (unpaired) electrons. The first kappa shape index (κ1) is 18.1. The van der Waals surface area contributed by atoms with Gasteiger partial charge >= 0.3 is 0 Å². The van der Waals surface area contributed by atoms with Crippen LogP contribution in [0.3, 0.4) is 0 Å². The van der Waals surface area contributed by atoms with Crippen molar-refractivity contribution in [2.24, 2.45) is 0 Å². The minimum Gasteiger partial charge on any atom is -0.508 e. The Kier molecular flexibility index (Phi) is 5.04. The van der Waals surface area contributed by atoms with Crippen LogP contribution in [0.2, 0.25) is 0 Å². The summed E-state index contributed by atoms with van der Waals surface area (Å²) < 4.78 is 5.84. The molecule has 2 amide bonds. The summed E-state index contributed by atoms with van der Waals surface area (Å²) >= 11 is 0.910. The summed E-state index contributed by atoms with van der Waals surface area (Å²) in [4.78, 5) is 26.3. The molecule has 1 fully saturated rings. The van der Waals surface area contributed by atoms with Crippen LogP contribution < -0.4 is 4.74 Å². The van der Waals surface area contributed by atoms with Crippen LogP contribution in [0.25, 0.3) is 16.8 Å². The molecular formula is C22H17NO4S. The van der Waals surface area contributed by atoms with Gasteiger partial charge in [0, 0.05) is 5.39 Å². The second-order valence-corrected chi connectivity index (χ2v) is 7.24. The average Bonchev–Trinajstić information content (AvgIpc) is 2.97. The van der Waals surface area contributed by atoms with Gasteiger partial charge < -0.3 is 9.84 Å². The van der Waals surface area contributed by atoms with Gasteiger partial charge in [-0.25, -0.2) is 0 Å². The van der Waals surface area contributed by atoms with Crippen molar-refractivity contribution < 1.29 is 19.4 Å². The number of nitrogens with zero attached hydrogens (tertiary/aromatic N) is 1. The Balaban J connectivity index is 1.43. The van der Waals surface area contributed by atoms with Gasteiger partial charge in [0.25, 0.3) is 11.1 Å². The number of carbonyl (C=O) groups is 2. The van der Waals surface area contributed by atoms with E-state index in [1.165, 1.54) is 17.0 Å². The molecule has 0 atom stereocenters. The molecule has 1 N–H and O–H groups in total. The average molecular weight is 391 g/mol. The third-order valence-electron chi connectivity index (χ3n) is 4.39. The number of phenolic OH excluding ortho intramolecular Hbond substituents is 1. The Morgan fingerprint density at radius 3 is 2.54 bits per heavy atom. The van der Waals surface area contributed by atoms with E-state index in [2.05, 4.69) is 0 Å². The van der Waals surface area contributed by atoms with Crippen LogP contribution in [0.4, 0.5) is 4.79 Å². The minimum atomic E-state index is -0.329. The zero-order valence-corrected chi connectivity index (χ0v) is 15.7. The monoisotopic (exact) mass is 391 g/mol. The van der Waals surface area contributed by atoms with E-state index in [1.807, 2.05) is 42.5 Å². The van der Waals surface area contributed by atoms with E-state index in [0.29, 0.717) is 4.91 Å². The van der Waals surface area contributed by atoms with Crippen molar-refractivity contribution in [1.29, 1.82) is 0 Å². The Morgan fingerprint density at radius 2 is 1.71 bits per heavy atom. The van der Waals surface area contributed by atoms with Gasteiger partial charge in [-0.2, -0.15) is 0 Å². The van der Waals surface area contributed by atoms with Crippen molar-refractivity contribution in [2.45, 2.75) is 0 Å². The molecule has 1 aliphatic rings. The minimum absolute atomic E-state index is 0.149. The highest BCUT2D eigenvalue weighted by atomic mass is 32.2. The molecule has 1 saturated heterocycles. The van der Waals surface area contributed by atoms with Crippen LogP contribution in [0, 0.1) is 0 Å². The number of fused-ring (bicyclic) bond motifs is 1. The normalized spacial score (nSPS) is 15.6. The number of imide groups is 1. The number of ether oxygens (including phenoxy) is 1. The standard InChI is InChI=1S/C22H17NO4S/c24-17-10-8-15(9-11-17)14-20-21(25)23(22(26)28-20)12-13-27-19-7-3-5-16-4-1-2-6-18(16)19/h1-11,14,24H,12-13H2/b20-14-. The largest absolute Gasteiger partial charge is 0.508 e. The number of aromatic hydroxyl groups is 1. The maximum atomic E-state index is 12.6. The summed E-state index contributed by atoms with van der Waals surface area (Å²) in [5.41, 5.74) is 0.746. The lowest BCUT2D eigenvalue weighted by atomic mass is 10.1. The maximum Gasteiger partial charge on any atom is 0.293 e. The fraction of sp³-hybridized carbons (Fsp3) is 0.0909. The predicted molar refractivity (Wildman–Crippen MR) is 110 cm³/mol. The van der Waals surface area contributed by atoms with Crippen LogP contribution in [0.5, 0.6) is 11.5 Å². The highest BCUT2D eigenvalue weighted by molar-refractivity contribution is 8.18. The number of benzene rings is 3. The first-order valence-corrected chi connectivity index (χ1v) is 9.58. The van der Waals surface area contributed by atoms with Crippen molar-refractivity contribution in [1.82, 2.24) is 4.90 Å². The molecule has 4 rings (SSSR count). The third kappa shape index (κ3) is 3.73. The number of hydrogen-bond acceptors (Lipinski definition) is 5. The van der Waals surface area contributed by atoms with Crippen LogP contribution in [0.1, 0.15) is 5.56 Å². The number of hydrogen-bond donors (Lipinski definition) is 1. The summed E-state index contributed by atoms with van der Waals surface area (Å²) in [6.45, 7) is 0.402. The van der Waals surface area contributed by atoms with E-state index in [9.17, 15) is 14.7 Å². The summed E-state index contributed by atoms with van der Waals surface area (Å²) in [5, 5.41) is 11.1. The Labute approximate surface area is 166 Å². The van der Waals surface area contributed by atoms with Crippen LogP contribution in [-0.2, 0) is 4.79 Å². The van der Waals surface area contributed by atoms with E-state index in [1.54, 1.807) is 18.2 Å². The Hall–Kier alpha value is -3.25. The molecule has 1 heterocycles. The van der Waals surface area contributed by atoms with Gasteiger partial charge in [-0.3, -0.25) is 14.5 Å². The molecule has 0 aliphatic carbocycles. The molecule has 0 spiro atoms. The van der Waals surface area contributed by atoms with Gasteiger partial charge in [0.2, 0.25) is 0 Å². The molecule has 0 unspecified atom stereocenters. The topological polar surface area (TPSA) is 66.8 Å². The molecule has 3 aromatic carbocycles. The molecule has 28 heavy (non-hydrogen) atoms. The van der Waals surface area contributed by atoms with E-state index in [0.717, 1.165) is 33.8 Å². The molecule has 1 aliphatic heterocycles. The van der Waals surface area contributed by atoms with Crippen LogP contribution in [-0.4, -0.2) is 34.3 Å². The van der Waals surface area contributed by atoms with E-state index in [-0.39, 0.29) is 30.0 Å². The second-order valence-electron chi connectivity index (χ2n) is 6.25. The molecule has 3 aromatic rings. The van der Waals surface area contributed by atoms with Gasteiger partial charge in [0.1, 0.15) is 18.1 Å². The second kappa shape index (κ2) is 7.78. The fourth-order valence-electron chi connectivity index (χ4n) is 2.98. The van der Waals surface area contributed by atoms with Gasteiger partial charge in [0.05, 0.1) is 11.4 Å². The Bertz CT molecular complexity index is 1070. The van der Waals surface area contributed by atoms with Gasteiger partial charge in [-0.15, -0.1) is 0 Å². The number of phenols is 1. The lowest BCUT2D eigenvalue weighted by Crippen LogP contribution is -2.32. The SMILES string of the molecule is O=C1S/C(=C\c2ccc(O)cc2)C(=O)N1CCOc1cccc2ccccc12. The summed E-state index contributed by atoms with van der Waals surface area (Å²) in [7, 11) is 0. The van der Waals surface area contributed by atoms with E-state index in [4.69, 9.17) is 4.74 Å². The quantitative estimate of drug-likeness (QED) is 0.641. The summed E-state index contributed by atoms with van der Waals surface area (Å²) in [6.07, 6.45) is 1.65. The van der Waals surface area contributed by atoms with Gasteiger partial charge in [0.15, 0.2) is 0 Å². The Morgan fingerprint density at radius 1 is 0.964 bits per heavy atom. The van der Waals surface area contributed by atoms with E-state index < -0.39 is 0 Å². The van der Waals surface area contributed by atoms with Crippen molar-refractivity contribution in [3.8, 4) is 11.5 Å². The van der Waals surface area contributed by atoms with Gasteiger partial charge in [-0.05, 0) is 47.0 Å². The maximum absolute atomic E-state index is 12.6. The summed E-state index contributed by atoms with van der Waals surface area (Å²) in [6, 6.07) is 20.1. The number of amides is 2. The van der Waals surface area contributed by atoms with Crippen LogP contribution >= 0.6 is 11.8 Å². The van der Waals surface area contributed by atoms with E-state index >= 15 is 0 Å².